The van der Waals surface area contributed by atoms with E-state index < -0.39 is 5.79 Å². The second-order valence-electron chi connectivity index (χ2n) is 4.35. The summed E-state index contributed by atoms with van der Waals surface area (Å²) in [6, 6.07) is 0. The Morgan fingerprint density at radius 3 is 2.42 bits per heavy atom. The molecule has 1 N–H and O–H groups in total. The minimum atomic E-state index is -0.509. The van der Waals surface area contributed by atoms with Crippen molar-refractivity contribution in [2.24, 2.45) is 5.92 Å². The molecule has 12 heavy (non-hydrogen) atoms. The quantitative estimate of drug-likeness (QED) is 0.590. The molecule has 3 heteroatoms. The number of aliphatic hydroxyl groups is 1. The summed E-state index contributed by atoms with van der Waals surface area (Å²) < 4.78 is 11.3. The van der Waals surface area contributed by atoms with E-state index >= 15 is 0 Å². The van der Waals surface area contributed by atoms with Crippen molar-refractivity contribution in [3.05, 3.63) is 0 Å². The summed E-state index contributed by atoms with van der Waals surface area (Å²) in [5.41, 5.74) is 0. The van der Waals surface area contributed by atoms with Gasteiger partial charge in [-0.05, 0) is 26.2 Å². The highest BCUT2D eigenvalue weighted by atomic mass is 16.8. The lowest BCUT2D eigenvalue weighted by atomic mass is 10.1. The Morgan fingerprint density at radius 1 is 1.25 bits per heavy atom. The highest BCUT2D eigenvalue weighted by Crippen LogP contribution is 2.41. The SMILES string of the molecule is CC1CC(O)C2OC(C)(C)OC12. The van der Waals surface area contributed by atoms with Gasteiger partial charge >= 0.3 is 0 Å². The highest BCUT2D eigenvalue weighted by molar-refractivity contribution is 4.96. The molecule has 1 saturated heterocycles. The Hall–Kier alpha value is -0.120. The Morgan fingerprint density at radius 2 is 1.83 bits per heavy atom. The van der Waals surface area contributed by atoms with Crippen LogP contribution in [0.4, 0.5) is 0 Å². The molecule has 0 radical (unpaired) electrons. The van der Waals surface area contributed by atoms with Crippen LogP contribution < -0.4 is 0 Å². The van der Waals surface area contributed by atoms with Gasteiger partial charge in [-0.3, -0.25) is 0 Å². The van der Waals surface area contributed by atoms with Gasteiger partial charge in [-0.1, -0.05) is 6.92 Å². The Kier molecular flexibility index (Phi) is 1.72. The van der Waals surface area contributed by atoms with E-state index in [4.69, 9.17) is 9.47 Å². The second kappa shape index (κ2) is 2.44. The minimum Gasteiger partial charge on any atom is -0.390 e. The van der Waals surface area contributed by atoms with Crippen LogP contribution in [-0.4, -0.2) is 29.2 Å². The number of rotatable bonds is 0. The Balaban J connectivity index is 2.15. The number of fused-ring (bicyclic) bond motifs is 1. The largest absolute Gasteiger partial charge is 0.390 e. The first-order chi connectivity index (χ1) is 5.49. The second-order valence-corrected chi connectivity index (χ2v) is 4.35. The van der Waals surface area contributed by atoms with Crippen molar-refractivity contribution in [1.82, 2.24) is 0 Å². The maximum Gasteiger partial charge on any atom is 0.163 e. The zero-order valence-electron chi connectivity index (χ0n) is 7.78. The van der Waals surface area contributed by atoms with Gasteiger partial charge in [0.15, 0.2) is 5.79 Å². The van der Waals surface area contributed by atoms with E-state index in [1.807, 2.05) is 13.8 Å². The van der Waals surface area contributed by atoms with E-state index in [1.54, 1.807) is 0 Å². The van der Waals surface area contributed by atoms with Gasteiger partial charge in [0.05, 0.1) is 12.2 Å². The highest BCUT2D eigenvalue weighted by Gasteiger charge is 2.51. The average Bonchev–Trinajstić information content (AvgIpc) is 2.34. The maximum atomic E-state index is 9.60. The fourth-order valence-corrected chi connectivity index (χ4v) is 2.20. The van der Waals surface area contributed by atoms with Crippen molar-refractivity contribution in [3.63, 3.8) is 0 Å². The third kappa shape index (κ3) is 1.16. The molecule has 1 saturated carbocycles. The van der Waals surface area contributed by atoms with Gasteiger partial charge in [-0.25, -0.2) is 0 Å². The van der Waals surface area contributed by atoms with Crippen molar-refractivity contribution in [3.8, 4) is 0 Å². The monoisotopic (exact) mass is 172 g/mol. The molecule has 0 aromatic rings. The van der Waals surface area contributed by atoms with Crippen molar-refractivity contribution >= 4 is 0 Å². The van der Waals surface area contributed by atoms with Gasteiger partial charge < -0.3 is 14.6 Å². The van der Waals surface area contributed by atoms with Gasteiger partial charge in [0.2, 0.25) is 0 Å². The minimum absolute atomic E-state index is 0.0926. The lowest BCUT2D eigenvalue weighted by Crippen LogP contribution is -2.28. The number of hydrogen-bond acceptors (Lipinski definition) is 3. The first-order valence-electron chi connectivity index (χ1n) is 4.53. The Labute approximate surface area is 72.7 Å². The van der Waals surface area contributed by atoms with Gasteiger partial charge in [0.1, 0.15) is 6.10 Å². The molecule has 70 valence electrons. The summed E-state index contributed by atoms with van der Waals surface area (Å²) in [4.78, 5) is 0. The molecule has 0 bridgehead atoms. The molecule has 3 nitrogen and oxygen atoms in total. The first-order valence-corrected chi connectivity index (χ1v) is 4.53. The van der Waals surface area contributed by atoms with Crippen molar-refractivity contribution in [2.75, 3.05) is 0 Å². The van der Waals surface area contributed by atoms with E-state index in [-0.39, 0.29) is 18.3 Å². The molecule has 0 amide bonds. The van der Waals surface area contributed by atoms with Gasteiger partial charge in [0, 0.05) is 0 Å². The summed E-state index contributed by atoms with van der Waals surface area (Å²) in [5.74, 6) is -0.0999. The van der Waals surface area contributed by atoms with Crippen LogP contribution >= 0.6 is 0 Å². The topological polar surface area (TPSA) is 38.7 Å². The van der Waals surface area contributed by atoms with Gasteiger partial charge in [0.25, 0.3) is 0 Å². The molecule has 1 aliphatic carbocycles. The average molecular weight is 172 g/mol. The first kappa shape index (κ1) is 8.48. The molecule has 2 aliphatic rings. The lowest BCUT2D eigenvalue weighted by Gasteiger charge is -2.20. The number of ether oxygens (including phenoxy) is 2. The molecule has 0 aromatic carbocycles. The molecule has 1 aliphatic heterocycles. The third-order valence-corrected chi connectivity index (χ3v) is 2.72. The molecule has 0 aromatic heterocycles. The normalized spacial score (nSPS) is 51.0. The van der Waals surface area contributed by atoms with Crippen LogP contribution in [-0.2, 0) is 9.47 Å². The molecule has 2 fully saturated rings. The zero-order chi connectivity index (χ0) is 8.93. The fraction of sp³-hybridized carbons (Fsp3) is 1.00. The zero-order valence-corrected chi connectivity index (χ0v) is 7.78. The molecule has 4 unspecified atom stereocenters. The number of hydrogen-bond donors (Lipinski definition) is 1. The maximum absolute atomic E-state index is 9.60. The van der Waals surface area contributed by atoms with E-state index in [1.165, 1.54) is 0 Å². The van der Waals surface area contributed by atoms with Crippen LogP contribution in [0.15, 0.2) is 0 Å². The van der Waals surface area contributed by atoms with Crippen LogP contribution in [0.25, 0.3) is 0 Å². The lowest BCUT2D eigenvalue weighted by molar-refractivity contribution is -0.165. The fourth-order valence-electron chi connectivity index (χ4n) is 2.20. The molecular weight excluding hydrogens is 156 g/mol. The third-order valence-electron chi connectivity index (χ3n) is 2.72. The van der Waals surface area contributed by atoms with Crippen LogP contribution in [0.3, 0.4) is 0 Å². The summed E-state index contributed by atoms with van der Waals surface area (Å²) in [6.07, 6.45) is 0.447. The van der Waals surface area contributed by atoms with Gasteiger partial charge in [-0.2, -0.15) is 0 Å². The molecule has 0 spiro atoms. The molecule has 1 heterocycles. The molecule has 2 rings (SSSR count). The predicted molar refractivity (Wildman–Crippen MR) is 43.6 cm³/mol. The van der Waals surface area contributed by atoms with E-state index in [0.29, 0.717) is 5.92 Å². The van der Waals surface area contributed by atoms with Crippen molar-refractivity contribution < 1.29 is 14.6 Å². The van der Waals surface area contributed by atoms with E-state index in [9.17, 15) is 5.11 Å². The standard InChI is InChI=1S/C9H16O3/c1-5-4-6(10)8-7(5)11-9(2,3)12-8/h5-8,10H,4H2,1-3H3. The molecule has 4 atom stereocenters. The smallest absolute Gasteiger partial charge is 0.163 e. The number of aliphatic hydroxyl groups excluding tert-OH is 1. The summed E-state index contributed by atoms with van der Waals surface area (Å²) in [7, 11) is 0. The summed E-state index contributed by atoms with van der Waals surface area (Å²) in [6.45, 7) is 5.88. The molecular formula is C9H16O3. The van der Waals surface area contributed by atoms with Gasteiger partial charge in [-0.15, -0.1) is 0 Å². The summed E-state index contributed by atoms with van der Waals surface area (Å²) in [5, 5.41) is 9.60. The van der Waals surface area contributed by atoms with Crippen molar-refractivity contribution in [1.29, 1.82) is 0 Å². The van der Waals surface area contributed by atoms with Crippen LogP contribution in [0.2, 0.25) is 0 Å². The summed E-state index contributed by atoms with van der Waals surface area (Å²) >= 11 is 0. The van der Waals surface area contributed by atoms with Crippen LogP contribution in [0.1, 0.15) is 27.2 Å². The predicted octanol–water partition coefficient (Wildman–Crippen LogP) is 0.907. The van der Waals surface area contributed by atoms with E-state index in [0.717, 1.165) is 6.42 Å². The van der Waals surface area contributed by atoms with Crippen molar-refractivity contribution in [2.45, 2.75) is 51.3 Å². The van der Waals surface area contributed by atoms with Crippen LogP contribution in [0.5, 0.6) is 0 Å². The van der Waals surface area contributed by atoms with Crippen LogP contribution in [0, 0.1) is 5.92 Å². The Bertz CT molecular complexity index is 172. The van der Waals surface area contributed by atoms with E-state index in [2.05, 4.69) is 6.92 Å².